The molecule has 0 saturated carbocycles. The summed E-state index contributed by atoms with van der Waals surface area (Å²) in [6.07, 6.45) is 43.1. The van der Waals surface area contributed by atoms with Gasteiger partial charge in [0, 0.05) is 25.7 Å². The van der Waals surface area contributed by atoms with Crippen LogP contribution >= 0.6 is 15.6 Å². The summed E-state index contributed by atoms with van der Waals surface area (Å²) in [5.41, 5.74) is 0. The molecule has 0 radical (unpaired) electrons. The molecule has 0 fully saturated rings. The maximum absolute atomic E-state index is 13.0. The van der Waals surface area contributed by atoms with E-state index in [1.807, 2.05) is 0 Å². The fraction of sp³-hybridized carbons (Fsp3) is 0.942. The summed E-state index contributed by atoms with van der Waals surface area (Å²) in [6.45, 7) is 11.7. The number of phosphoric ester groups is 2. The van der Waals surface area contributed by atoms with Crippen LogP contribution in [0.4, 0.5) is 0 Å². The number of hydrogen-bond donors (Lipinski definition) is 3. The molecular weight excluding hydrogens is 1160 g/mol. The highest BCUT2D eigenvalue weighted by Crippen LogP contribution is 2.45. The zero-order valence-corrected chi connectivity index (χ0v) is 59.0. The highest BCUT2D eigenvalue weighted by molar-refractivity contribution is 7.47. The van der Waals surface area contributed by atoms with Gasteiger partial charge < -0.3 is 33.8 Å². The first-order valence-electron chi connectivity index (χ1n) is 35.8. The van der Waals surface area contributed by atoms with Gasteiger partial charge in [0.05, 0.1) is 26.4 Å². The minimum atomic E-state index is -4.95. The van der Waals surface area contributed by atoms with Crippen LogP contribution in [0.5, 0.6) is 0 Å². The topological polar surface area (TPSA) is 237 Å². The van der Waals surface area contributed by atoms with Gasteiger partial charge in [-0.2, -0.15) is 0 Å². The van der Waals surface area contributed by atoms with Gasteiger partial charge >= 0.3 is 39.5 Å². The monoisotopic (exact) mass is 1300 g/mol. The Bertz CT molecular complexity index is 1730. The van der Waals surface area contributed by atoms with Crippen LogP contribution in [-0.4, -0.2) is 96.7 Å². The van der Waals surface area contributed by atoms with E-state index in [9.17, 15) is 43.2 Å². The van der Waals surface area contributed by atoms with E-state index < -0.39 is 97.5 Å². The summed E-state index contributed by atoms with van der Waals surface area (Å²) in [5, 5.41) is 10.6. The number of aliphatic hydroxyl groups is 1. The van der Waals surface area contributed by atoms with Crippen molar-refractivity contribution in [2.24, 2.45) is 17.8 Å². The van der Waals surface area contributed by atoms with Crippen molar-refractivity contribution >= 4 is 39.5 Å². The molecule has 0 rings (SSSR count). The van der Waals surface area contributed by atoms with E-state index in [1.165, 1.54) is 148 Å². The van der Waals surface area contributed by atoms with E-state index in [-0.39, 0.29) is 25.7 Å². The second-order valence-electron chi connectivity index (χ2n) is 26.3. The first-order chi connectivity index (χ1) is 42.2. The molecule has 19 heteroatoms. The number of phosphoric acid groups is 2. The van der Waals surface area contributed by atoms with E-state index in [2.05, 4.69) is 48.5 Å². The Balaban J connectivity index is 5.25. The van der Waals surface area contributed by atoms with E-state index in [1.54, 1.807) is 0 Å². The lowest BCUT2D eigenvalue weighted by Gasteiger charge is -2.21. The zero-order chi connectivity index (χ0) is 65.2. The molecule has 0 spiro atoms. The van der Waals surface area contributed by atoms with Crippen LogP contribution in [0.2, 0.25) is 0 Å². The fourth-order valence-electron chi connectivity index (χ4n) is 10.4. The summed E-state index contributed by atoms with van der Waals surface area (Å²) in [7, 11) is -9.90. The minimum Gasteiger partial charge on any atom is -0.462 e. The molecule has 0 aromatic carbocycles. The predicted octanol–water partition coefficient (Wildman–Crippen LogP) is 19.5. The molecule has 0 aliphatic carbocycles. The Hall–Kier alpha value is -1.94. The summed E-state index contributed by atoms with van der Waals surface area (Å²) >= 11 is 0. The van der Waals surface area contributed by atoms with Gasteiger partial charge in [-0.3, -0.25) is 37.3 Å². The van der Waals surface area contributed by atoms with Crippen LogP contribution in [0.1, 0.15) is 344 Å². The molecule has 0 heterocycles. The number of esters is 4. The van der Waals surface area contributed by atoms with E-state index >= 15 is 0 Å². The van der Waals surface area contributed by atoms with Crippen molar-refractivity contribution in [1.29, 1.82) is 0 Å². The average molecular weight is 1300 g/mol. The van der Waals surface area contributed by atoms with Crippen LogP contribution in [-0.2, 0) is 65.4 Å². The third-order valence-electron chi connectivity index (χ3n) is 15.9. The Kier molecular flexibility index (Phi) is 58.7. The molecule has 0 saturated heterocycles. The number of unbranched alkanes of at least 4 members (excludes halogenated alkanes) is 35. The van der Waals surface area contributed by atoms with Gasteiger partial charge in [-0.15, -0.1) is 0 Å². The molecule has 88 heavy (non-hydrogen) atoms. The number of hydrogen-bond acceptors (Lipinski definition) is 15. The molecule has 0 aromatic rings. The highest BCUT2D eigenvalue weighted by atomic mass is 31.2. The predicted molar refractivity (Wildman–Crippen MR) is 354 cm³/mol. The average Bonchev–Trinajstić information content (AvgIpc) is 3.69. The quantitative estimate of drug-likeness (QED) is 0.0222. The summed E-state index contributed by atoms with van der Waals surface area (Å²) in [5.74, 6) is 0.0530. The molecule has 0 aliphatic heterocycles. The van der Waals surface area contributed by atoms with Crippen molar-refractivity contribution in [3.05, 3.63) is 0 Å². The Morgan fingerprint density at radius 3 is 0.773 bits per heavy atom. The maximum Gasteiger partial charge on any atom is 0.472 e. The lowest BCUT2D eigenvalue weighted by molar-refractivity contribution is -0.161. The van der Waals surface area contributed by atoms with Crippen LogP contribution in [0.15, 0.2) is 0 Å². The van der Waals surface area contributed by atoms with Gasteiger partial charge in [-0.05, 0) is 43.4 Å². The van der Waals surface area contributed by atoms with Crippen molar-refractivity contribution in [3.8, 4) is 0 Å². The van der Waals surface area contributed by atoms with Gasteiger partial charge in [0.2, 0.25) is 0 Å². The maximum atomic E-state index is 13.0. The Morgan fingerprint density at radius 2 is 0.523 bits per heavy atom. The Morgan fingerprint density at radius 1 is 0.307 bits per heavy atom. The Labute approximate surface area is 537 Å². The van der Waals surface area contributed by atoms with Crippen molar-refractivity contribution in [2.45, 2.75) is 362 Å². The van der Waals surface area contributed by atoms with Gasteiger partial charge in [0.15, 0.2) is 12.2 Å². The normalized spacial score (nSPS) is 14.2. The van der Waals surface area contributed by atoms with E-state index in [4.69, 9.17) is 37.0 Å². The van der Waals surface area contributed by atoms with Crippen molar-refractivity contribution in [3.63, 3.8) is 0 Å². The SMILES string of the molecule is CCCCCCCCCCCCCCCCC(=O)O[C@H](COC(=O)CCCCCCCCCCCCC(C)C)COP(=O)(O)OC[C@@H](O)COP(=O)(O)OC[C@@H](COC(=O)CCCCCCCCCC(C)C)OC(=O)CCCCCCCCCCC(C)C. The standard InChI is InChI=1S/C69H134O17P2/c1-8-9-10-11-12-13-14-15-16-17-22-30-38-45-52-68(73)85-64(56-79-66(71)50-43-36-29-21-19-18-20-26-33-40-47-60(2)3)58-83-87(75,76)81-54-63(70)55-82-88(77,78)84-59-65(57-80-67(72)51-44-37-32-25-28-35-42-49-62(6)7)86-69(74)53-46-39-31-24-23-27-34-41-48-61(4)5/h60-65,70H,8-59H2,1-7H3,(H,75,76)(H,77,78)/t63-,64-,65-/m1/s1. The summed E-state index contributed by atoms with van der Waals surface area (Å²) < 4.78 is 68.2. The van der Waals surface area contributed by atoms with Crippen molar-refractivity contribution < 1.29 is 80.2 Å². The van der Waals surface area contributed by atoms with Gasteiger partial charge in [0.25, 0.3) is 0 Å². The fourth-order valence-corrected chi connectivity index (χ4v) is 11.9. The first kappa shape index (κ1) is 86.1. The molecular formula is C69H134O17P2. The molecule has 2 unspecified atom stereocenters. The van der Waals surface area contributed by atoms with Gasteiger partial charge in [-0.25, -0.2) is 9.13 Å². The lowest BCUT2D eigenvalue weighted by atomic mass is 10.0. The molecule has 522 valence electrons. The third-order valence-corrected chi connectivity index (χ3v) is 17.8. The van der Waals surface area contributed by atoms with Crippen molar-refractivity contribution in [2.75, 3.05) is 39.6 Å². The van der Waals surface area contributed by atoms with E-state index in [0.717, 1.165) is 108 Å². The smallest absolute Gasteiger partial charge is 0.462 e. The van der Waals surface area contributed by atoms with Crippen LogP contribution in [0.25, 0.3) is 0 Å². The largest absolute Gasteiger partial charge is 0.472 e. The van der Waals surface area contributed by atoms with Crippen LogP contribution < -0.4 is 0 Å². The van der Waals surface area contributed by atoms with E-state index in [0.29, 0.717) is 31.6 Å². The number of rotatable bonds is 67. The van der Waals surface area contributed by atoms with Crippen molar-refractivity contribution in [1.82, 2.24) is 0 Å². The lowest BCUT2D eigenvalue weighted by Crippen LogP contribution is -2.30. The highest BCUT2D eigenvalue weighted by Gasteiger charge is 2.30. The third kappa shape index (κ3) is 62.8. The van der Waals surface area contributed by atoms with Crippen LogP contribution in [0, 0.1) is 17.8 Å². The zero-order valence-electron chi connectivity index (χ0n) is 57.2. The molecule has 0 aromatic heterocycles. The second-order valence-corrected chi connectivity index (χ2v) is 29.3. The van der Waals surface area contributed by atoms with Crippen LogP contribution in [0.3, 0.4) is 0 Å². The number of ether oxygens (including phenoxy) is 4. The number of aliphatic hydroxyl groups excluding tert-OH is 1. The van der Waals surface area contributed by atoms with Gasteiger partial charge in [-0.1, -0.05) is 292 Å². The molecule has 0 amide bonds. The second kappa shape index (κ2) is 60.0. The molecule has 17 nitrogen and oxygen atoms in total. The summed E-state index contributed by atoms with van der Waals surface area (Å²) in [4.78, 5) is 72.5. The number of carbonyl (C=O) groups excluding carboxylic acids is 4. The molecule has 0 bridgehead atoms. The molecule has 3 N–H and O–H groups in total. The molecule has 5 atom stereocenters. The number of carbonyl (C=O) groups is 4. The minimum absolute atomic E-state index is 0.103. The van der Waals surface area contributed by atoms with Gasteiger partial charge in [0.1, 0.15) is 19.3 Å². The molecule has 0 aliphatic rings. The summed E-state index contributed by atoms with van der Waals surface area (Å²) in [6, 6.07) is 0. The first-order valence-corrected chi connectivity index (χ1v) is 38.8.